The molecule has 0 radical (unpaired) electrons. The molecular weight excluding hydrogens is 278 g/mol. The molecule has 4 heteroatoms. The molecule has 0 spiro atoms. The van der Waals surface area contributed by atoms with Crippen LogP contribution in [-0.2, 0) is 6.54 Å². The van der Waals surface area contributed by atoms with Gasteiger partial charge in [0.25, 0.3) is 0 Å². The quantitative estimate of drug-likeness (QED) is 0.657. The smallest absolute Gasteiger partial charge is 0.123 e. The molecule has 22 heavy (non-hydrogen) atoms. The van der Waals surface area contributed by atoms with Crippen LogP contribution in [0.4, 0.5) is 0 Å². The van der Waals surface area contributed by atoms with E-state index < -0.39 is 0 Å². The van der Waals surface area contributed by atoms with Crippen molar-refractivity contribution in [3.8, 4) is 11.5 Å². The van der Waals surface area contributed by atoms with E-state index in [1.165, 1.54) is 0 Å². The van der Waals surface area contributed by atoms with Crippen molar-refractivity contribution in [1.82, 2.24) is 0 Å². The molecule has 0 aliphatic carbocycles. The van der Waals surface area contributed by atoms with Crippen molar-refractivity contribution in [1.29, 1.82) is 0 Å². The van der Waals surface area contributed by atoms with E-state index in [4.69, 9.17) is 15.2 Å². The van der Waals surface area contributed by atoms with Crippen LogP contribution in [0.25, 0.3) is 6.08 Å². The Morgan fingerprint density at radius 1 is 1.05 bits per heavy atom. The van der Waals surface area contributed by atoms with Crippen molar-refractivity contribution in [2.75, 3.05) is 14.2 Å². The van der Waals surface area contributed by atoms with Gasteiger partial charge in [0.1, 0.15) is 17.3 Å². The Bertz CT molecular complexity index is 661. The third-order valence-electron chi connectivity index (χ3n) is 3.19. The van der Waals surface area contributed by atoms with E-state index in [-0.39, 0.29) is 0 Å². The van der Waals surface area contributed by atoms with Gasteiger partial charge in [-0.05, 0) is 29.8 Å². The molecule has 2 aromatic rings. The second-order valence-electron chi connectivity index (χ2n) is 4.66. The standard InChI is InChI=1S/C18H20N2O2/c1-21-16-10-7-14(8-11-16)9-12-18(19)20-13-15-5-3-4-6-17(15)22-2/h3-12H,13H2,1-2H3,(H2,19,20)/b12-9+/i18+2. The van der Waals surface area contributed by atoms with Crippen molar-refractivity contribution < 1.29 is 9.47 Å². The normalized spacial score (nSPS) is 11.6. The molecule has 2 rings (SSSR count). The van der Waals surface area contributed by atoms with E-state index in [1.807, 2.05) is 54.6 Å². The van der Waals surface area contributed by atoms with Gasteiger partial charge in [-0.1, -0.05) is 36.4 Å². The van der Waals surface area contributed by atoms with Crippen LogP contribution < -0.4 is 15.2 Å². The molecule has 0 heterocycles. The van der Waals surface area contributed by atoms with Crippen LogP contribution in [0.5, 0.6) is 11.5 Å². The average molecular weight is 298 g/mol. The van der Waals surface area contributed by atoms with Crippen molar-refractivity contribution in [3.05, 3.63) is 65.7 Å². The maximum atomic E-state index is 5.91. The number of hydrogen-bond donors (Lipinski definition) is 1. The Balaban J connectivity index is 2.01. The van der Waals surface area contributed by atoms with E-state index >= 15 is 0 Å². The van der Waals surface area contributed by atoms with Crippen molar-refractivity contribution >= 4 is 11.9 Å². The highest BCUT2D eigenvalue weighted by Crippen LogP contribution is 2.18. The van der Waals surface area contributed by atoms with E-state index in [2.05, 4.69) is 4.99 Å². The van der Waals surface area contributed by atoms with Crippen LogP contribution >= 0.6 is 0 Å². The van der Waals surface area contributed by atoms with Crippen LogP contribution in [-0.4, -0.2) is 20.1 Å². The molecule has 0 amide bonds. The van der Waals surface area contributed by atoms with Crippen molar-refractivity contribution in [3.63, 3.8) is 0 Å². The van der Waals surface area contributed by atoms with Crippen LogP contribution in [0.2, 0.25) is 0 Å². The number of hydrogen-bond acceptors (Lipinski definition) is 3. The highest BCUT2D eigenvalue weighted by molar-refractivity contribution is 5.95. The number of amidine groups is 1. The van der Waals surface area contributed by atoms with Gasteiger partial charge in [0, 0.05) is 5.56 Å². The predicted molar refractivity (Wildman–Crippen MR) is 90.3 cm³/mol. The number of nitrogens with zero attached hydrogens (tertiary/aromatic N) is 1. The highest BCUT2D eigenvalue weighted by Gasteiger charge is 1.99. The third kappa shape index (κ3) is 4.38. The Hall–Kier alpha value is -2.75. The topological polar surface area (TPSA) is 56.8 Å². The molecule has 0 saturated carbocycles. The monoisotopic (exact) mass is 298 g/mol. The zero-order valence-electron chi connectivity index (χ0n) is 12.8. The summed E-state index contributed by atoms with van der Waals surface area (Å²) in [7, 11) is 3.29. The molecule has 114 valence electrons. The Kier molecular flexibility index (Phi) is 5.60. The second-order valence-corrected chi connectivity index (χ2v) is 4.66. The van der Waals surface area contributed by atoms with E-state index in [1.54, 1.807) is 20.3 Å². The number of methoxy groups -OCH3 is 2. The molecule has 2 N–H and O–H groups in total. The molecule has 4 nitrogen and oxygen atoms in total. The zero-order chi connectivity index (χ0) is 15.8. The minimum Gasteiger partial charge on any atom is -0.497 e. The van der Waals surface area contributed by atoms with Crippen molar-refractivity contribution in [2.45, 2.75) is 6.54 Å². The first-order chi connectivity index (χ1) is 10.7. The fourth-order valence-corrected chi connectivity index (χ4v) is 1.96. The summed E-state index contributed by atoms with van der Waals surface area (Å²) in [6.07, 6.45) is 3.71. The minimum absolute atomic E-state index is 0.474. The lowest BCUT2D eigenvalue weighted by atomic mass is 10.2. The molecule has 2 aromatic carbocycles. The average Bonchev–Trinajstić information content (AvgIpc) is 2.58. The summed E-state index contributed by atoms with van der Waals surface area (Å²) < 4.78 is 10.4. The van der Waals surface area contributed by atoms with Gasteiger partial charge in [-0.2, -0.15) is 0 Å². The number of para-hydroxylation sites is 1. The first-order valence-electron chi connectivity index (χ1n) is 6.97. The molecule has 0 aliphatic rings. The summed E-state index contributed by atoms with van der Waals surface area (Å²) in [6.45, 7) is 0.489. The molecule has 0 unspecified atom stereocenters. The molecule has 0 fully saturated rings. The lowest BCUT2D eigenvalue weighted by Gasteiger charge is -2.05. The fraction of sp³-hybridized carbons (Fsp3) is 0.167. The van der Waals surface area contributed by atoms with Crippen LogP contribution in [0.3, 0.4) is 0 Å². The summed E-state index contributed by atoms with van der Waals surface area (Å²) >= 11 is 0. The minimum atomic E-state index is 0.474. The Morgan fingerprint density at radius 2 is 1.77 bits per heavy atom. The predicted octanol–water partition coefficient (Wildman–Crippen LogP) is 3.27. The summed E-state index contributed by atoms with van der Waals surface area (Å²) in [5.74, 6) is 2.12. The number of aliphatic imine (C=N–C) groups is 1. The first kappa shape index (κ1) is 15.6. The van der Waals surface area contributed by atoms with Gasteiger partial charge in [0.15, 0.2) is 0 Å². The Morgan fingerprint density at radius 3 is 2.45 bits per heavy atom. The van der Waals surface area contributed by atoms with Gasteiger partial charge < -0.3 is 15.2 Å². The van der Waals surface area contributed by atoms with E-state index in [0.29, 0.717) is 12.4 Å². The van der Waals surface area contributed by atoms with Crippen LogP contribution in [0.1, 0.15) is 11.1 Å². The summed E-state index contributed by atoms with van der Waals surface area (Å²) in [5.41, 5.74) is 7.96. The highest BCUT2D eigenvalue weighted by atomic mass is 16.5. The van der Waals surface area contributed by atoms with Gasteiger partial charge in [-0.15, -0.1) is 0 Å². The largest absolute Gasteiger partial charge is 0.497 e. The number of rotatable bonds is 6. The van der Waals surface area contributed by atoms with Gasteiger partial charge in [0.05, 0.1) is 20.8 Å². The van der Waals surface area contributed by atoms with Gasteiger partial charge >= 0.3 is 0 Å². The summed E-state index contributed by atoms with van der Waals surface area (Å²) in [6, 6.07) is 15.5. The molecule has 0 saturated heterocycles. The molecular formula is C18H20N2O2. The van der Waals surface area contributed by atoms with Crippen molar-refractivity contribution in [2.24, 2.45) is 10.7 Å². The molecule has 0 aliphatic heterocycles. The van der Waals surface area contributed by atoms with E-state index in [0.717, 1.165) is 22.6 Å². The van der Waals surface area contributed by atoms with Gasteiger partial charge in [0.2, 0.25) is 0 Å². The second kappa shape index (κ2) is 7.88. The third-order valence-corrected chi connectivity index (χ3v) is 3.19. The van der Waals surface area contributed by atoms with E-state index in [9.17, 15) is 0 Å². The molecule has 0 aromatic heterocycles. The first-order valence-corrected chi connectivity index (χ1v) is 6.97. The zero-order valence-corrected chi connectivity index (χ0v) is 12.8. The van der Waals surface area contributed by atoms with Gasteiger partial charge in [-0.3, -0.25) is 4.99 Å². The van der Waals surface area contributed by atoms with Crippen LogP contribution in [0, 0.1) is 0 Å². The summed E-state index contributed by atoms with van der Waals surface area (Å²) in [4.78, 5) is 4.35. The lowest BCUT2D eigenvalue weighted by Crippen LogP contribution is -2.08. The summed E-state index contributed by atoms with van der Waals surface area (Å²) in [5, 5.41) is 0. The van der Waals surface area contributed by atoms with Gasteiger partial charge in [-0.25, -0.2) is 0 Å². The Labute approximate surface area is 130 Å². The number of ether oxygens (including phenoxy) is 2. The number of nitrogens with two attached hydrogens (primary N) is 1. The SMILES string of the molecule is COc1ccc(/C=C/[14C](N)=NCc2ccccc2OC)cc1. The molecule has 0 bridgehead atoms. The molecule has 0 atom stereocenters. The number of benzene rings is 2. The van der Waals surface area contributed by atoms with Crippen LogP contribution in [0.15, 0.2) is 59.6 Å². The fourth-order valence-electron chi connectivity index (χ4n) is 1.96. The maximum absolute atomic E-state index is 5.91. The lowest BCUT2D eigenvalue weighted by molar-refractivity contribution is 0.410. The maximum Gasteiger partial charge on any atom is 0.123 e.